The number of carbonyl (C=O) groups is 1. The summed E-state index contributed by atoms with van der Waals surface area (Å²) in [4.78, 5) is 11.9. The van der Waals surface area contributed by atoms with Crippen molar-refractivity contribution in [3.8, 4) is 5.75 Å². The molecule has 0 aliphatic carbocycles. The summed E-state index contributed by atoms with van der Waals surface area (Å²) in [6, 6.07) is 5.29. The molecule has 5 heteroatoms. The molecular weight excluding hydrogens is 288 g/mol. The van der Waals surface area contributed by atoms with Crippen molar-refractivity contribution in [1.82, 2.24) is 5.32 Å². The Bertz CT molecular complexity index is 464. The summed E-state index contributed by atoms with van der Waals surface area (Å²) < 4.78 is 5.61. The quantitative estimate of drug-likeness (QED) is 0.723. The molecule has 118 valence electrons. The van der Waals surface area contributed by atoms with E-state index in [0.717, 1.165) is 24.8 Å². The summed E-state index contributed by atoms with van der Waals surface area (Å²) in [5.74, 6) is 0.371. The number of halogens is 1. The van der Waals surface area contributed by atoms with Crippen molar-refractivity contribution >= 4 is 17.5 Å². The maximum absolute atomic E-state index is 11.9. The number of nitrogens with one attached hydrogen (secondary N) is 1. The first kappa shape index (κ1) is 17.8. The van der Waals surface area contributed by atoms with Gasteiger partial charge in [-0.15, -0.1) is 0 Å². The molecule has 1 rings (SSSR count). The number of carbonyl (C=O) groups excluding carboxylic acids is 1. The number of hydrogen-bond donors (Lipinski definition) is 2. The van der Waals surface area contributed by atoms with Crippen LogP contribution in [0.2, 0.25) is 5.02 Å². The Morgan fingerprint density at radius 3 is 2.67 bits per heavy atom. The summed E-state index contributed by atoms with van der Waals surface area (Å²) in [7, 11) is 0. The van der Waals surface area contributed by atoms with E-state index in [-0.39, 0.29) is 11.9 Å². The first-order valence-electron chi connectivity index (χ1n) is 7.45. The normalized spacial score (nSPS) is 13.6. The predicted octanol–water partition coefficient (Wildman–Crippen LogP) is 3.43. The maximum atomic E-state index is 11.9. The minimum atomic E-state index is -0.578. The van der Waals surface area contributed by atoms with E-state index in [0.29, 0.717) is 17.3 Å². The Kier molecular flexibility index (Phi) is 7.54. The number of hydrogen-bond acceptors (Lipinski definition) is 3. The summed E-state index contributed by atoms with van der Waals surface area (Å²) >= 11 is 6.16. The molecule has 0 heterocycles. The van der Waals surface area contributed by atoms with E-state index in [4.69, 9.17) is 22.1 Å². The molecular formula is C16H25ClN2O2. The summed E-state index contributed by atoms with van der Waals surface area (Å²) in [6.07, 6.45) is 2.65. The maximum Gasteiger partial charge on any atom is 0.260 e. The van der Waals surface area contributed by atoms with Crippen LogP contribution in [0.5, 0.6) is 5.75 Å². The SMILES string of the molecule is CCCCCNC(=O)C(C)Oc1ccc(C(C)N)cc1Cl. The van der Waals surface area contributed by atoms with Gasteiger partial charge < -0.3 is 15.8 Å². The zero-order valence-corrected chi connectivity index (χ0v) is 13.7. The van der Waals surface area contributed by atoms with Crippen LogP contribution in [0.1, 0.15) is 51.6 Å². The monoisotopic (exact) mass is 312 g/mol. The van der Waals surface area contributed by atoms with Gasteiger partial charge in [0.1, 0.15) is 5.75 Å². The van der Waals surface area contributed by atoms with Crippen molar-refractivity contribution in [3.63, 3.8) is 0 Å². The number of ether oxygens (including phenoxy) is 1. The summed E-state index contributed by atoms with van der Waals surface area (Å²) in [5.41, 5.74) is 6.73. The molecule has 0 aliphatic rings. The average molecular weight is 313 g/mol. The van der Waals surface area contributed by atoms with Crippen LogP contribution >= 0.6 is 11.6 Å². The first-order valence-corrected chi connectivity index (χ1v) is 7.82. The smallest absolute Gasteiger partial charge is 0.260 e. The molecule has 0 spiro atoms. The third kappa shape index (κ3) is 5.94. The van der Waals surface area contributed by atoms with Crippen molar-refractivity contribution in [1.29, 1.82) is 0 Å². The number of unbranched alkanes of at least 4 members (excludes halogenated alkanes) is 2. The summed E-state index contributed by atoms with van der Waals surface area (Å²) in [6.45, 7) is 6.41. The molecule has 0 fully saturated rings. The third-order valence-corrected chi connectivity index (χ3v) is 3.53. The third-order valence-electron chi connectivity index (χ3n) is 3.23. The molecule has 0 saturated carbocycles. The van der Waals surface area contributed by atoms with Gasteiger partial charge in [0, 0.05) is 12.6 Å². The minimum absolute atomic E-state index is 0.0872. The Hall–Kier alpha value is -1.26. The molecule has 0 aliphatic heterocycles. The molecule has 0 saturated heterocycles. The molecule has 2 atom stereocenters. The largest absolute Gasteiger partial charge is 0.479 e. The van der Waals surface area contributed by atoms with Crippen LogP contribution in [-0.4, -0.2) is 18.6 Å². The second-order valence-electron chi connectivity index (χ2n) is 5.24. The van der Waals surface area contributed by atoms with Crippen LogP contribution in [0.15, 0.2) is 18.2 Å². The number of benzene rings is 1. The molecule has 1 amide bonds. The first-order chi connectivity index (χ1) is 9.95. The van der Waals surface area contributed by atoms with Crippen LogP contribution in [0.25, 0.3) is 0 Å². The van der Waals surface area contributed by atoms with Crippen molar-refractivity contribution in [3.05, 3.63) is 28.8 Å². The van der Waals surface area contributed by atoms with Crippen LogP contribution in [0.4, 0.5) is 0 Å². The second-order valence-corrected chi connectivity index (χ2v) is 5.64. The van der Waals surface area contributed by atoms with Gasteiger partial charge in [0.2, 0.25) is 0 Å². The molecule has 0 aromatic heterocycles. The van der Waals surface area contributed by atoms with E-state index in [1.54, 1.807) is 19.1 Å². The van der Waals surface area contributed by atoms with Gasteiger partial charge in [-0.1, -0.05) is 37.4 Å². The van der Waals surface area contributed by atoms with Crippen LogP contribution < -0.4 is 15.8 Å². The van der Waals surface area contributed by atoms with E-state index in [1.165, 1.54) is 0 Å². The molecule has 1 aromatic rings. The fraction of sp³-hybridized carbons (Fsp3) is 0.562. The highest BCUT2D eigenvalue weighted by Crippen LogP contribution is 2.28. The van der Waals surface area contributed by atoms with Crippen LogP contribution in [0, 0.1) is 0 Å². The van der Waals surface area contributed by atoms with Crippen molar-refractivity contribution < 1.29 is 9.53 Å². The lowest BCUT2D eigenvalue weighted by Gasteiger charge is -2.16. The van der Waals surface area contributed by atoms with Crippen molar-refractivity contribution in [2.45, 2.75) is 52.2 Å². The fourth-order valence-electron chi connectivity index (χ4n) is 1.87. The van der Waals surface area contributed by atoms with Gasteiger partial charge in [-0.25, -0.2) is 0 Å². The van der Waals surface area contributed by atoms with Gasteiger partial charge in [-0.05, 0) is 38.0 Å². The molecule has 2 unspecified atom stereocenters. The zero-order chi connectivity index (χ0) is 15.8. The van der Waals surface area contributed by atoms with E-state index >= 15 is 0 Å². The standard InChI is InChI=1S/C16H25ClN2O2/c1-4-5-6-9-19-16(20)12(3)21-15-8-7-13(11(2)18)10-14(15)17/h7-8,10-12H,4-6,9,18H2,1-3H3,(H,19,20). The topological polar surface area (TPSA) is 64.3 Å². The Balaban J connectivity index is 2.54. The number of nitrogens with two attached hydrogens (primary N) is 1. The Labute approximate surface area is 132 Å². The van der Waals surface area contributed by atoms with E-state index < -0.39 is 6.10 Å². The molecule has 3 N–H and O–H groups in total. The van der Waals surface area contributed by atoms with E-state index in [2.05, 4.69) is 12.2 Å². The van der Waals surface area contributed by atoms with Gasteiger partial charge in [0.25, 0.3) is 5.91 Å². The lowest BCUT2D eigenvalue weighted by atomic mass is 10.1. The van der Waals surface area contributed by atoms with Crippen molar-refractivity contribution in [2.75, 3.05) is 6.54 Å². The van der Waals surface area contributed by atoms with Crippen LogP contribution in [0.3, 0.4) is 0 Å². The number of amides is 1. The minimum Gasteiger partial charge on any atom is -0.479 e. The van der Waals surface area contributed by atoms with Gasteiger partial charge in [0.05, 0.1) is 5.02 Å². The highest BCUT2D eigenvalue weighted by molar-refractivity contribution is 6.32. The highest BCUT2D eigenvalue weighted by Gasteiger charge is 2.16. The summed E-state index contributed by atoms with van der Waals surface area (Å²) in [5, 5.41) is 3.33. The van der Waals surface area contributed by atoms with Crippen LogP contribution in [-0.2, 0) is 4.79 Å². The zero-order valence-electron chi connectivity index (χ0n) is 13.0. The van der Waals surface area contributed by atoms with Gasteiger partial charge >= 0.3 is 0 Å². The molecule has 1 aromatic carbocycles. The fourth-order valence-corrected chi connectivity index (χ4v) is 2.10. The van der Waals surface area contributed by atoms with Gasteiger partial charge in [-0.2, -0.15) is 0 Å². The second kappa shape index (κ2) is 8.90. The molecule has 0 bridgehead atoms. The van der Waals surface area contributed by atoms with Gasteiger partial charge in [-0.3, -0.25) is 4.79 Å². The number of rotatable bonds is 8. The van der Waals surface area contributed by atoms with E-state index in [1.807, 2.05) is 13.0 Å². The molecule has 0 radical (unpaired) electrons. The molecule has 4 nitrogen and oxygen atoms in total. The Morgan fingerprint density at radius 1 is 1.38 bits per heavy atom. The van der Waals surface area contributed by atoms with E-state index in [9.17, 15) is 4.79 Å². The Morgan fingerprint density at radius 2 is 2.10 bits per heavy atom. The highest BCUT2D eigenvalue weighted by atomic mass is 35.5. The van der Waals surface area contributed by atoms with Gasteiger partial charge in [0.15, 0.2) is 6.10 Å². The molecule has 21 heavy (non-hydrogen) atoms. The lowest BCUT2D eigenvalue weighted by Crippen LogP contribution is -2.36. The lowest BCUT2D eigenvalue weighted by molar-refractivity contribution is -0.127. The average Bonchev–Trinajstić information content (AvgIpc) is 2.45. The van der Waals surface area contributed by atoms with Crippen molar-refractivity contribution in [2.24, 2.45) is 5.73 Å². The predicted molar refractivity (Wildman–Crippen MR) is 86.7 cm³/mol.